The van der Waals surface area contributed by atoms with Crippen LogP contribution in [-0.4, -0.2) is 19.1 Å². The Balaban J connectivity index is 2.22. The maximum atomic E-state index is 6.01. The lowest BCUT2D eigenvalue weighted by Gasteiger charge is -2.57. The van der Waals surface area contributed by atoms with Crippen LogP contribution in [0.25, 0.3) is 0 Å². The van der Waals surface area contributed by atoms with Gasteiger partial charge in [-0.25, -0.2) is 0 Å². The zero-order valence-corrected chi connectivity index (χ0v) is 8.35. The van der Waals surface area contributed by atoms with E-state index in [1.54, 1.807) is 0 Å². The minimum absolute atomic E-state index is 0.414. The average molecular weight is 168 g/mol. The smallest absolute Gasteiger partial charge is 0.00913 e. The summed E-state index contributed by atoms with van der Waals surface area (Å²) < 4.78 is 0. The van der Waals surface area contributed by atoms with Crippen LogP contribution in [-0.2, 0) is 0 Å². The van der Waals surface area contributed by atoms with E-state index >= 15 is 0 Å². The predicted molar refractivity (Wildman–Crippen MR) is 50.8 cm³/mol. The topological polar surface area (TPSA) is 38.0 Å². The zero-order valence-electron chi connectivity index (χ0n) is 8.35. The number of fused-ring (bicyclic) bond motifs is 1. The Kier molecular flexibility index (Phi) is 1.59. The molecule has 70 valence electrons. The van der Waals surface area contributed by atoms with Gasteiger partial charge in [-0.15, -0.1) is 0 Å². The molecule has 1 aliphatic heterocycles. The van der Waals surface area contributed by atoms with Crippen molar-refractivity contribution in [2.24, 2.45) is 22.5 Å². The van der Waals surface area contributed by atoms with Crippen molar-refractivity contribution in [3.05, 3.63) is 0 Å². The van der Waals surface area contributed by atoms with E-state index in [0.717, 1.165) is 12.5 Å². The molecule has 2 aliphatic rings. The molecule has 2 nitrogen and oxygen atoms in total. The second-order valence-electron chi connectivity index (χ2n) is 5.51. The van der Waals surface area contributed by atoms with E-state index in [2.05, 4.69) is 26.1 Å². The molecule has 1 saturated heterocycles. The summed E-state index contributed by atoms with van der Waals surface area (Å²) in [6, 6.07) is 0.458. The Morgan fingerprint density at radius 3 is 2.50 bits per heavy atom. The highest BCUT2D eigenvalue weighted by atomic mass is 15.0. The summed E-state index contributed by atoms with van der Waals surface area (Å²) in [4.78, 5) is 0. The van der Waals surface area contributed by atoms with E-state index in [4.69, 9.17) is 5.73 Å². The van der Waals surface area contributed by atoms with Gasteiger partial charge in [-0.05, 0) is 23.2 Å². The second kappa shape index (κ2) is 2.24. The van der Waals surface area contributed by atoms with Gasteiger partial charge in [-0.1, -0.05) is 20.8 Å². The van der Waals surface area contributed by atoms with Gasteiger partial charge in [0.05, 0.1) is 0 Å². The molecule has 1 saturated carbocycles. The number of nitrogens with two attached hydrogens (primary N) is 1. The summed E-state index contributed by atoms with van der Waals surface area (Å²) in [6.45, 7) is 9.35. The van der Waals surface area contributed by atoms with Gasteiger partial charge >= 0.3 is 0 Å². The van der Waals surface area contributed by atoms with Gasteiger partial charge in [-0.2, -0.15) is 0 Å². The predicted octanol–water partition coefficient (Wildman–Crippen LogP) is 0.969. The van der Waals surface area contributed by atoms with Crippen LogP contribution in [0.5, 0.6) is 0 Å². The first kappa shape index (κ1) is 8.52. The fraction of sp³-hybridized carbons (Fsp3) is 1.00. The fourth-order valence-electron chi connectivity index (χ4n) is 3.09. The van der Waals surface area contributed by atoms with E-state index in [9.17, 15) is 0 Å². The average Bonchev–Trinajstić information content (AvgIpc) is 2.24. The van der Waals surface area contributed by atoms with Crippen molar-refractivity contribution >= 4 is 0 Å². The number of hydrogen-bond acceptors (Lipinski definition) is 2. The minimum atomic E-state index is 0.414. The summed E-state index contributed by atoms with van der Waals surface area (Å²) >= 11 is 0. The molecule has 2 fully saturated rings. The second-order valence-corrected chi connectivity index (χ2v) is 5.51. The third kappa shape index (κ3) is 0.826. The van der Waals surface area contributed by atoms with Gasteiger partial charge in [0, 0.05) is 19.1 Å². The molecule has 0 aromatic rings. The van der Waals surface area contributed by atoms with Crippen LogP contribution in [0, 0.1) is 16.7 Å². The van der Waals surface area contributed by atoms with E-state index in [1.165, 1.54) is 13.0 Å². The summed E-state index contributed by atoms with van der Waals surface area (Å²) in [6.07, 6.45) is 1.22. The third-order valence-corrected chi connectivity index (χ3v) is 4.12. The van der Waals surface area contributed by atoms with Gasteiger partial charge in [0.15, 0.2) is 0 Å². The van der Waals surface area contributed by atoms with Crippen molar-refractivity contribution in [1.29, 1.82) is 0 Å². The molecule has 3 unspecified atom stereocenters. The van der Waals surface area contributed by atoms with Crippen LogP contribution in [0.4, 0.5) is 0 Å². The quantitative estimate of drug-likeness (QED) is 0.565. The first-order chi connectivity index (χ1) is 5.47. The van der Waals surface area contributed by atoms with Crippen LogP contribution in [0.3, 0.4) is 0 Å². The molecule has 0 radical (unpaired) electrons. The van der Waals surface area contributed by atoms with Crippen molar-refractivity contribution < 1.29 is 0 Å². The minimum Gasteiger partial charge on any atom is -0.327 e. The fourth-order valence-corrected chi connectivity index (χ4v) is 3.09. The van der Waals surface area contributed by atoms with Gasteiger partial charge < -0.3 is 11.1 Å². The van der Waals surface area contributed by atoms with Crippen LogP contribution in [0.1, 0.15) is 27.2 Å². The lowest BCUT2D eigenvalue weighted by atomic mass is 9.48. The highest BCUT2D eigenvalue weighted by Crippen LogP contribution is 2.58. The van der Waals surface area contributed by atoms with Crippen LogP contribution < -0.4 is 11.1 Å². The maximum absolute atomic E-state index is 6.01. The summed E-state index contributed by atoms with van der Waals surface area (Å²) in [5, 5.41) is 3.48. The van der Waals surface area contributed by atoms with Crippen molar-refractivity contribution in [1.82, 2.24) is 5.32 Å². The lowest BCUT2D eigenvalue weighted by molar-refractivity contribution is -0.0503. The molecule has 12 heavy (non-hydrogen) atoms. The normalized spacial score (nSPS) is 47.0. The standard InChI is InChI=1S/C10H20N2/c1-9(2,3)10-4-8(11)7(10)5-12-6-10/h7-8,12H,4-6,11H2,1-3H3. The first-order valence-electron chi connectivity index (χ1n) is 4.94. The number of rotatable bonds is 0. The Morgan fingerprint density at radius 2 is 2.08 bits per heavy atom. The van der Waals surface area contributed by atoms with Crippen LogP contribution in [0.15, 0.2) is 0 Å². The summed E-state index contributed by atoms with van der Waals surface area (Å²) in [5.41, 5.74) is 6.93. The van der Waals surface area contributed by atoms with Crippen LogP contribution >= 0.6 is 0 Å². The molecular formula is C10H20N2. The molecular weight excluding hydrogens is 148 g/mol. The molecule has 0 bridgehead atoms. The van der Waals surface area contributed by atoms with E-state index in [-0.39, 0.29) is 0 Å². The first-order valence-corrected chi connectivity index (χ1v) is 4.94. The van der Waals surface area contributed by atoms with Gasteiger partial charge in [0.25, 0.3) is 0 Å². The van der Waals surface area contributed by atoms with Crippen LogP contribution in [0.2, 0.25) is 0 Å². The Bertz CT molecular complexity index is 195. The molecule has 3 atom stereocenters. The zero-order chi connectivity index (χ0) is 8.98. The SMILES string of the molecule is CC(C)(C)C12CNCC1C(N)C2. The van der Waals surface area contributed by atoms with E-state index in [0.29, 0.717) is 16.9 Å². The monoisotopic (exact) mass is 168 g/mol. The molecule has 1 heterocycles. The molecule has 0 amide bonds. The highest BCUT2D eigenvalue weighted by Gasteiger charge is 2.60. The maximum Gasteiger partial charge on any atom is 0.00913 e. The lowest BCUT2D eigenvalue weighted by Crippen LogP contribution is -2.61. The molecule has 2 rings (SSSR count). The van der Waals surface area contributed by atoms with E-state index in [1.807, 2.05) is 0 Å². The molecule has 2 heteroatoms. The number of hydrogen-bond donors (Lipinski definition) is 2. The molecule has 0 spiro atoms. The molecule has 0 aromatic heterocycles. The van der Waals surface area contributed by atoms with Crippen molar-refractivity contribution in [2.75, 3.05) is 13.1 Å². The van der Waals surface area contributed by atoms with Crippen molar-refractivity contribution in [3.63, 3.8) is 0 Å². The Labute approximate surface area is 74.9 Å². The molecule has 3 N–H and O–H groups in total. The van der Waals surface area contributed by atoms with Gasteiger partial charge in [0.2, 0.25) is 0 Å². The van der Waals surface area contributed by atoms with Crippen molar-refractivity contribution in [3.8, 4) is 0 Å². The largest absolute Gasteiger partial charge is 0.327 e. The number of nitrogens with one attached hydrogen (secondary N) is 1. The molecule has 0 aromatic carbocycles. The summed E-state index contributed by atoms with van der Waals surface area (Å²) in [5.74, 6) is 0.734. The van der Waals surface area contributed by atoms with Gasteiger partial charge in [0.1, 0.15) is 0 Å². The molecule has 1 aliphatic carbocycles. The highest BCUT2D eigenvalue weighted by molar-refractivity contribution is 5.14. The summed E-state index contributed by atoms with van der Waals surface area (Å²) in [7, 11) is 0. The Morgan fingerprint density at radius 1 is 1.42 bits per heavy atom. The van der Waals surface area contributed by atoms with E-state index < -0.39 is 0 Å². The third-order valence-electron chi connectivity index (χ3n) is 4.12. The Hall–Kier alpha value is -0.0800. The van der Waals surface area contributed by atoms with Gasteiger partial charge in [-0.3, -0.25) is 0 Å². The van der Waals surface area contributed by atoms with Crippen molar-refractivity contribution in [2.45, 2.75) is 33.2 Å².